The second-order valence-electron chi connectivity index (χ2n) is 4.17. The summed E-state index contributed by atoms with van der Waals surface area (Å²) < 4.78 is 39.7. The predicted octanol–water partition coefficient (Wildman–Crippen LogP) is 4.14. The maximum Gasteiger partial charge on any atom is 0.416 e. The van der Waals surface area contributed by atoms with Crippen LogP contribution in [0.2, 0.25) is 5.02 Å². The van der Waals surface area contributed by atoms with Crippen LogP contribution in [0.25, 0.3) is 0 Å². The molecule has 7 heteroatoms. The topological polar surface area (TPSA) is 29.9 Å². The van der Waals surface area contributed by atoms with Crippen LogP contribution in [-0.2, 0) is 13.2 Å². The second-order valence-corrected chi connectivity index (χ2v) is 4.60. The van der Waals surface area contributed by atoms with E-state index in [2.05, 4.69) is 10.3 Å². The average Bonchev–Trinajstić information content (AvgIpc) is 2.55. The summed E-state index contributed by atoms with van der Waals surface area (Å²) in [6.07, 6.45) is -2.67. The number of aryl methyl sites for hydroxylation is 2. The second kappa shape index (κ2) is 4.77. The van der Waals surface area contributed by atoms with E-state index in [-0.39, 0.29) is 10.7 Å². The molecule has 3 nitrogen and oxygen atoms in total. The number of hydrogen-bond donors (Lipinski definition) is 1. The van der Waals surface area contributed by atoms with E-state index in [9.17, 15) is 13.2 Å². The number of anilines is 2. The highest BCUT2D eigenvalue weighted by molar-refractivity contribution is 6.31. The summed E-state index contributed by atoms with van der Waals surface area (Å²) in [6, 6.07) is 3.30. The molecule has 0 spiro atoms. The molecule has 1 aromatic carbocycles. The molecule has 0 bridgehead atoms. The summed E-state index contributed by atoms with van der Waals surface area (Å²) in [5, 5.41) is 2.83. The Morgan fingerprint density at radius 2 is 1.95 bits per heavy atom. The van der Waals surface area contributed by atoms with E-state index < -0.39 is 11.7 Å². The van der Waals surface area contributed by atoms with Crippen molar-refractivity contribution in [1.29, 1.82) is 0 Å². The lowest BCUT2D eigenvalue weighted by Gasteiger charge is -2.11. The average molecular weight is 290 g/mol. The molecule has 0 radical (unpaired) electrons. The molecule has 2 aromatic rings. The smallest absolute Gasteiger partial charge is 0.326 e. The third-order valence-electron chi connectivity index (χ3n) is 2.48. The highest BCUT2D eigenvalue weighted by atomic mass is 35.5. The summed E-state index contributed by atoms with van der Waals surface area (Å²) in [7, 11) is 1.75. The first-order valence-electron chi connectivity index (χ1n) is 5.40. The molecule has 0 unspecified atom stereocenters. The highest BCUT2D eigenvalue weighted by Crippen LogP contribution is 2.33. The van der Waals surface area contributed by atoms with Crippen molar-refractivity contribution in [2.45, 2.75) is 13.1 Å². The van der Waals surface area contributed by atoms with E-state index in [1.165, 1.54) is 6.07 Å². The van der Waals surface area contributed by atoms with E-state index in [1.807, 2.05) is 0 Å². The largest absolute Gasteiger partial charge is 0.416 e. The fraction of sp³-hybridized carbons (Fsp3) is 0.250. The van der Waals surface area contributed by atoms with Crippen molar-refractivity contribution in [2.24, 2.45) is 7.05 Å². The van der Waals surface area contributed by atoms with Gasteiger partial charge in [-0.15, -0.1) is 0 Å². The quantitative estimate of drug-likeness (QED) is 0.900. The fourth-order valence-corrected chi connectivity index (χ4v) is 1.92. The standard InChI is InChI=1S/C12H11ClF3N3/c1-7-6-19(2)11(17-7)18-10-4-8(12(14,15)16)3-9(13)5-10/h3-6H,1-2H3,(H,17,18). The van der Waals surface area contributed by atoms with Gasteiger partial charge in [0.1, 0.15) is 0 Å². The van der Waals surface area contributed by atoms with Crippen LogP contribution in [0, 0.1) is 6.92 Å². The lowest BCUT2D eigenvalue weighted by atomic mass is 10.2. The van der Waals surface area contributed by atoms with E-state index in [0.717, 1.165) is 17.8 Å². The Hall–Kier alpha value is -1.69. The van der Waals surface area contributed by atoms with Gasteiger partial charge in [0.25, 0.3) is 0 Å². The number of nitrogens with zero attached hydrogens (tertiary/aromatic N) is 2. The van der Waals surface area contributed by atoms with Gasteiger partial charge < -0.3 is 9.88 Å². The van der Waals surface area contributed by atoms with E-state index in [4.69, 9.17) is 11.6 Å². The third-order valence-corrected chi connectivity index (χ3v) is 2.70. The molecule has 0 amide bonds. The lowest BCUT2D eigenvalue weighted by Crippen LogP contribution is -2.06. The minimum Gasteiger partial charge on any atom is -0.326 e. The molecule has 102 valence electrons. The van der Waals surface area contributed by atoms with Gasteiger partial charge in [-0.05, 0) is 25.1 Å². The summed E-state index contributed by atoms with van der Waals surface area (Å²) in [5.41, 5.74) is 0.213. The minimum absolute atomic E-state index is 0.0169. The number of nitrogens with one attached hydrogen (secondary N) is 1. The number of aromatic nitrogens is 2. The molecular weight excluding hydrogens is 279 g/mol. The van der Waals surface area contributed by atoms with Gasteiger partial charge >= 0.3 is 6.18 Å². The van der Waals surface area contributed by atoms with E-state index >= 15 is 0 Å². The van der Waals surface area contributed by atoms with Crippen LogP contribution >= 0.6 is 11.6 Å². The molecule has 0 saturated heterocycles. The molecule has 0 fully saturated rings. The first-order valence-corrected chi connectivity index (χ1v) is 5.78. The predicted molar refractivity (Wildman–Crippen MR) is 67.7 cm³/mol. The normalized spacial score (nSPS) is 11.7. The maximum atomic E-state index is 12.7. The van der Waals surface area contributed by atoms with Gasteiger partial charge in [-0.3, -0.25) is 0 Å². The molecule has 0 aliphatic rings. The van der Waals surface area contributed by atoms with Crippen LogP contribution in [0.15, 0.2) is 24.4 Å². The van der Waals surface area contributed by atoms with Crippen LogP contribution in [0.5, 0.6) is 0 Å². The van der Waals surface area contributed by atoms with Crippen LogP contribution < -0.4 is 5.32 Å². The molecule has 1 heterocycles. The zero-order chi connectivity index (χ0) is 14.2. The van der Waals surface area contributed by atoms with Gasteiger partial charge in [-0.25, -0.2) is 4.98 Å². The monoisotopic (exact) mass is 289 g/mol. The molecule has 1 N–H and O–H groups in total. The zero-order valence-electron chi connectivity index (χ0n) is 10.2. The highest BCUT2D eigenvalue weighted by Gasteiger charge is 2.31. The molecule has 1 aromatic heterocycles. The first kappa shape index (κ1) is 13.7. The number of alkyl halides is 3. The number of hydrogen-bond acceptors (Lipinski definition) is 2. The van der Waals surface area contributed by atoms with Crippen molar-refractivity contribution in [3.05, 3.63) is 40.7 Å². The maximum absolute atomic E-state index is 12.7. The Labute approximate surface area is 113 Å². The minimum atomic E-state index is -4.43. The van der Waals surface area contributed by atoms with E-state index in [0.29, 0.717) is 5.95 Å². The zero-order valence-corrected chi connectivity index (χ0v) is 11.0. The van der Waals surface area contributed by atoms with Gasteiger partial charge in [0.05, 0.1) is 11.3 Å². The molecule has 0 atom stereocenters. The molecule has 0 aliphatic carbocycles. The number of benzene rings is 1. The van der Waals surface area contributed by atoms with Crippen LogP contribution in [0.3, 0.4) is 0 Å². The summed E-state index contributed by atoms with van der Waals surface area (Å²) >= 11 is 5.70. The Balaban J connectivity index is 2.35. The van der Waals surface area contributed by atoms with Crippen molar-refractivity contribution in [2.75, 3.05) is 5.32 Å². The Kier molecular flexibility index (Phi) is 3.45. The summed E-state index contributed by atoms with van der Waals surface area (Å²) in [4.78, 5) is 4.15. The first-order chi connectivity index (χ1) is 8.75. The molecule has 0 saturated carbocycles. The molecule has 0 aliphatic heterocycles. The van der Waals surface area contributed by atoms with Gasteiger partial charge in [0.2, 0.25) is 5.95 Å². The Bertz CT molecular complexity index is 605. The van der Waals surface area contributed by atoms with Crippen LogP contribution in [-0.4, -0.2) is 9.55 Å². The van der Waals surface area contributed by atoms with Crippen molar-refractivity contribution in [1.82, 2.24) is 9.55 Å². The van der Waals surface area contributed by atoms with Crippen molar-refractivity contribution >= 4 is 23.2 Å². The van der Waals surface area contributed by atoms with E-state index in [1.54, 1.807) is 24.7 Å². The van der Waals surface area contributed by atoms with Crippen molar-refractivity contribution in [3.8, 4) is 0 Å². The van der Waals surface area contributed by atoms with Gasteiger partial charge in [0, 0.05) is 24.0 Å². The fourth-order valence-electron chi connectivity index (χ4n) is 1.69. The number of halogens is 4. The molecule has 19 heavy (non-hydrogen) atoms. The SMILES string of the molecule is Cc1cn(C)c(Nc2cc(Cl)cc(C(F)(F)F)c2)n1. The lowest BCUT2D eigenvalue weighted by molar-refractivity contribution is -0.137. The van der Waals surface area contributed by atoms with Crippen LogP contribution in [0.1, 0.15) is 11.3 Å². The van der Waals surface area contributed by atoms with Crippen molar-refractivity contribution in [3.63, 3.8) is 0 Å². The third kappa shape index (κ3) is 3.20. The summed E-state index contributed by atoms with van der Waals surface area (Å²) in [5.74, 6) is 0.452. The molecular formula is C12H11ClF3N3. The van der Waals surface area contributed by atoms with Crippen molar-refractivity contribution < 1.29 is 13.2 Å². The number of imidazole rings is 1. The Morgan fingerprint density at radius 1 is 1.26 bits per heavy atom. The van der Waals surface area contributed by atoms with Gasteiger partial charge in [0.15, 0.2) is 0 Å². The van der Waals surface area contributed by atoms with Crippen LogP contribution in [0.4, 0.5) is 24.8 Å². The molecule has 2 rings (SSSR count). The van der Waals surface area contributed by atoms with Gasteiger partial charge in [-0.1, -0.05) is 11.6 Å². The van der Waals surface area contributed by atoms with Gasteiger partial charge in [-0.2, -0.15) is 13.2 Å². The number of rotatable bonds is 2. The summed E-state index contributed by atoms with van der Waals surface area (Å²) in [6.45, 7) is 1.80. The Morgan fingerprint density at radius 3 is 2.47 bits per heavy atom.